The van der Waals surface area contributed by atoms with E-state index in [1.165, 1.54) is 82.4 Å². The van der Waals surface area contributed by atoms with Crippen LogP contribution in [0.25, 0.3) is 0 Å². The normalized spacial score (nSPS) is 13.8. The molecule has 0 aromatic heterocycles. The van der Waals surface area contributed by atoms with Crippen molar-refractivity contribution < 1.29 is 19.1 Å². The lowest BCUT2D eigenvalue weighted by Crippen LogP contribution is -2.52. The zero-order valence-electron chi connectivity index (χ0n) is 26.7. The van der Waals surface area contributed by atoms with E-state index in [1.807, 2.05) is 30.5 Å². The van der Waals surface area contributed by atoms with Crippen molar-refractivity contribution in [3.63, 3.8) is 0 Å². The molecule has 0 saturated carbocycles. The number of carbonyl (C=O) groups is 3. The fourth-order valence-corrected chi connectivity index (χ4v) is 5.46. The van der Waals surface area contributed by atoms with Gasteiger partial charge < -0.3 is 30.9 Å². The van der Waals surface area contributed by atoms with Gasteiger partial charge in [0.1, 0.15) is 5.75 Å². The Labute approximate surface area is 264 Å². The Kier molecular flexibility index (Phi) is 20.4. The van der Waals surface area contributed by atoms with Gasteiger partial charge in [-0.25, -0.2) is 0 Å². The minimum Gasteiger partial charge on any atom is -0.494 e. The average molecular weight is 620 g/mol. The van der Waals surface area contributed by atoms with Gasteiger partial charge in [0.25, 0.3) is 5.91 Å². The van der Waals surface area contributed by atoms with E-state index in [9.17, 15) is 14.4 Å². The molecule has 1 saturated heterocycles. The van der Waals surface area contributed by atoms with Gasteiger partial charge in [0.15, 0.2) is 6.17 Å². The highest BCUT2D eigenvalue weighted by Gasteiger charge is 2.21. The first-order valence-electron chi connectivity index (χ1n) is 16.6. The Morgan fingerprint density at radius 3 is 2.14 bits per heavy atom. The van der Waals surface area contributed by atoms with Gasteiger partial charge in [-0.3, -0.25) is 14.4 Å². The molecule has 10 heteroatoms. The van der Waals surface area contributed by atoms with E-state index in [4.69, 9.17) is 4.74 Å². The molecule has 1 unspecified atom stereocenters. The molecule has 43 heavy (non-hydrogen) atoms. The number of nitrogens with one attached hydrogen (secondary N) is 4. The van der Waals surface area contributed by atoms with Gasteiger partial charge in [-0.15, -0.1) is 0 Å². The fourth-order valence-electron chi connectivity index (χ4n) is 5.11. The summed E-state index contributed by atoms with van der Waals surface area (Å²) in [6.45, 7) is 6.95. The SMILES string of the molecule is CCCCCCCCCCCCNC(=O)CCCOc1ccc(NC(NC(=O)CSC)C(=O)NCCN2CCCC2)cc1. The van der Waals surface area contributed by atoms with Gasteiger partial charge in [-0.1, -0.05) is 64.7 Å². The van der Waals surface area contributed by atoms with Gasteiger partial charge in [0, 0.05) is 31.7 Å². The molecule has 3 amide bonds. The summed E-state index contributed by atoms with van der Waals surface area (Å²) in [6.07, 6.45) is 17.4. The predicted octanol–water partition coefficient (Wildman–Crippen LogP) is 5.31. The van der Waals surface area contributed by atoms with Crippen LogP contribution in [0.5, 0.6) is 5.75 Å². The van der Waals surface area contributed by atoms with Gasteiger partial charge in [-0.2, -0.15) is 11.8 Å². The summed E-state index contributed by atoms with van der Waals surface area (Å²) in [5, 5.41) is 11.9. The Bertz CT molecular complexity index is 896. The van der Waals surface area contributed by atoms with E-state index in [1.54, 1.807) is 0 Å². The molecule has 1 aromatic rings. The quantitative estimate of drug-likeness (QED) is 0.0867. The summed E-state index contributed by atoms with van der Waals surface area (Å²) in [5.41, 5.74) is 0.697. The second kappa shape index (κ2) is 23.9. The molecule has 0 bridgehead atoms. The molecule has 0 radical (unpaired) electrons. The van der Waals surface area contributed by atoms with Crippen molar-refractivity contribution in [2.45, 2.75) is 103 Å². The van der Waals surface area contributed by atoms with Crippen molar-refractivity contribution in [1.29, 1.82) is 0 Å². The summed E-state index contributed by atoms with van der Waals surface area (Å²) < 4.78 is 5.81. The van der Waals surface area contributed by atoms with Crippen LogP contribution in [0.1, 0.15) is 96.8 Å². The Morgan fingerprint density at radius 2 is 1.49 bits per heavy atom. The van der Waals surface area contributed by atoms with E-state index in [2.05, 4.69) is 33.1 Å². The number of anilines is 1. The number of rotatable bonds is 25. The lowest BCUT2D eigenvalue weighted by molar-refractivity contribution is -0.127. The summed E-state index contributed by atoms with van der Waals surface area (Å²) >= 11 is 1.41. The lowest BCUT2D eigenvalue weighted by atomic mass is 10.1. The molecule has 0 aliphatic carbocycles. The molecular weight excluding hydrogens is 562 g/mol. The largest absolute Gasteiger partial charge is 0.494 e. The molecule has 4 N–H and O–H groups in total. The van der Waals surface area contributed by atoms with E-state index in [-0.39, 0.29) is 23.5 Å². The average Bonchev–Trinajstić information content (AvgIpc) is 3.52. The first kappa shape index (κ1) is 36.7. The van der Waals surface area contributed by atoms with Crippen molar-refractivity contribution in [3.05, 3.63) is 24.3 Å². The number of ether oxygens (including phenoxy) is 1. The monoisotopic (exact) mass is 619 g/mol. The van der Waals surface area contributed by atoms with Gasteiger partial charge in [0.2, 0.25) is 11.8 Å². The minimum absolute atomic E-state index is 0.0762. The van der Waals surface area contributed by atoms with Crippen LogP contribution in [0, 0.1) is 0 Å². The smallest absolute Gasteiger partial charge is 0.263 e. The van der Waals surface area contributed by atoms with Crippen LogP contribution >= 0.6 is 11.8 Å². The van der Waals surface area contributed by atoms with E-state index < -0.39 is 6.17 Å². The molecule has 1 fully saturated rings. The van der Waals surface area contributed by atoms with Gasteiger partial charge in [0.05, 0.1) is 12.4 Å². The van der Waals surface area contributed by atoms with Crippen molar-refractivity contribution in [1.82, 2.24) is 20.9 Å². The number of benzene rings is 1. The Hall–Kier alpha value is -2.46. The van der Waals surface area contributed by atoms with Crippen LogP contribution in [-0.2, 0) is 14.4 Å². The molecule has 1 aliphatic rings. The van der Waals surface area contributed by atoms with Crippen LogP contribution in [0.15, 0.2) is 24.3 Å². The molecule has 1 aromatic carbocycles. The van der Waals surface area contributed by atoms with Crippen LogP contribution in [-0.4, -0.2) is 80.1 Å². The third-order valence-corrected chi connectivity index (χ3v) is 8.15. The zero-order valence-corrected chi connectivity index (χ0v) is 27.5. The predicted molar refractivity (Wildman–Crippen MR) is 179 cm³/mol. The molecule has 1 heterocycles. The standard InChI is InChI=1S/C33H57N5O4S/c1-3-4-5-6-7-8-9-10-11-12-21-34-30(39)16-15-26-42-29-19-17-28(18-20-29)36-32(37-31(40)27-43-2)33(41)35-22-25-38-23-13-14-24-38/h17-20,32,36H,3-16,21-27H2,1-2H3,(H,34,39)(H,35,41)(H,37,40). The Balaban J connectivity index is 1.60. The number of hydrogen-bond acceptors (Lipinski definition) is 7. The van der Waals surface area contributed by atoms with Crippen LogP contribution in [0.3, 0.4) is 0 Å². The molecule has 2 rings (SSSR count). The minimum atomic E-state index is -0.871. The first-order chi connectivity index (χ1) is 21.0. The maximum absolute atomic E-state index is 12.9. The second-order valence-electron chi connectivity index (χ2n) is 11.4. The molecule has 1 aliphatic heterocycles. The van der Waals surface area contributed by atoms with Crippen molar-refractivity contribution in [3.8, 4) is 5.75 Å². The number of amides is 3. The molecular formula is C33H57N5O4S. The number of nitrogens with zero attached hydrogens (tertiary/aromatic N) is 1. The van der Waals surface area contributed by atoms with Crippen LogP contribution in [0.4, 0.5) is 5.69 Å². The maximum atomic E-state index is 12.9. The highest BCUT2D eigenvalue weighted by Crippen LogP contribution is 2.17. The lowest BCUT2D eigenvalue weighted by Gasteiger charge is -2.22. The number of likely N-dealkylation sites (tertiary alicyclic amines) is 1. The third kappa shape index (κ3) is 18.1. The summed E-state index contributed by atoms with van der Waals surface area (Å²) in [5.74, 6) is 0.581. The zero-order chi connectivity index (χ0) is 31.0. The number of hydrogen-bond donors (Lipinski definition) is 4. The van der Waals surface area contributed by atoms with Gasteiger partial charge in [-0.05, 0) is 69.3 Å². The second-order valence-corrected chi connectivity index (χ2v) is 12.3. The highest BCUT2D eigenvalue weighted by molar-refractivity contribution is 7.99. The summed E-state index contributed by atoms with van der Waals surface area (Å²) in [6, 6.07) is 7.28. The fraction of sp³-hybridized carbons (Fsp3) is 0.727. The molecule has 0 spiro atoms. The van der Waals surface area contributed by atoms with E-state index in [0.717, 1.165) is 32.6 Å². The van der Waals surface area contributed by atoms with E-state index in [0.29, 0.717) is 37.4 Å². The summed E-state index contributed by atoms with van der Waals surface area (Å²) in [4.78, 5) is 39.5. The van der Waals surface area contributed by atoms with E-state index >= 15 is 0 Å². The summed E-state index contributed by atoms with van der Waals surface area (Å²) in [7, 11) is 0. The van der Waals surface area contributed by atoms with Crippen molar-refractivity contribution >= 4 is 35.2 Å². The number of carbonyl (C=O) groups excluding carboxylic acids is 3. The highest BCUT2D eigenvalue weighted by atomic mass is 32.2. The van der Waals surface area contributed by atoms with Crippen LogP contribution < -0.4 is 26.0 Å². The molecule has 9 nitrogen and oxygen atoms in total. The van der Waals surface area contributed by atoms with Crippen molar-refractivity contribution in [2.75, 3.05) is 56.7 Å². The van der Waals surface area contributed by atoms with Crippen molar-refractivity contribution in [2.24, 2.45) is 0 Å². The number of unbranched alkanes of at least 4 members (excludes halogenated alkanes) is 9. The van der Waals surface area contributed by atoms with Gasteiger partial charge >= 0.3 is 0 Å². The van der Waals surface area contributed by atoms with Crippen LogP contribution in [0.2, 0.25) is 0 Å². The molecule has 244 valence electrons. The number of thioether (sulfide) groups is 1. The first-order valence-corrected chi connectivity index (χ1v) is 18.0. The topological polar surface area (TPSA) is 112 Å². The molecule has 1 atom stereocenters. The third-order valence-electron chi connectivity index (χ3n) is 7.60. The maximum Gasteiger partial charge on any atom is 0.263 e. The Morgan fingerprint density at radius 1 is 0.837 bits per heavy atom.